The van der Waals surface area contributed by atoms with E-state index in [1.54, 1.807) is 18.4 Å². The number of nitrogens with zero attached hydrogens (tertiary/aromatic N) is 2. The van der Waals surface area contributed by atoms with Gasteiger partial charge in [0, 0.05) is 12.4 Å². The minimum atomic E-state index is -0.725. The van der Waals surface area contributed by atoms with Crippen LogP contribution in [0.3, 0.4) is 0 Å². The zero-order valence-electron chi connectivity index (χ0n) is 11.0. The monoisotopic (exact) mass is 264 g/mol. The number of aliphatic imine (C=N–C) groups is 2. The molecule has 0 aliphatic rings. The summed E-state index contributed by atoms with van der Waals surface area (Å²) in [5.74, 6) is 0. The standard InChI is InChI=1S/C17H16N2O/c20-17(14-19-16-10-5-2-6-11-16)12-7-13-18-15-8-3-1-4-9-15/h1-14,17,20H/b12-7+,18-13?,19-14?. The second-order valence-corrected chi connectivity index (χ2v) is 4.10. The van der Waals surface area contributed by atoms with Crippen LogP contribution in [0.4, 0.5) is 11.4 Å². The number of aliphatic hydroxyl groups is 1. The fourth-order valence-corrected chi connectivity index (χ4v) is 1.53. The molecule has 2 rings (SSSR count). The summed E-state index contributed by atoms with van der Waals surface area (Å²) in [5, 5.41) is 9.71. The topological polar surface area (TPSA) is 45.0 Å². The van der Waals surface area contributed by atoms with E-state index >= 15 is 0 Å². The molecular weight excluding hydrogens is 248 g/mol. The molecule has 0 amide bonds. The summed E-state index contributed by atoms with van der Waals surface area (Å²) in [6.45, 7) is 0. The molecule has 2 aromatic rings. The molecule has 0 bridgehead atoms. The first-order valence-electron chi connectivity index (χ1n) is 6.38. The number of rotatable bonds is 5. The number of benzene rings is 2. The van der Waals surface area contributed by atoms with E-state index in [4.69, 9.17) is 0 Å². The number of allylic oxidation sites excluding steroid dienone is 1. The highest BCUT2D eigenvalue weighted by atomic mass is 16.3. The van der Waals surface area contributed by atoms with Crippen molar-refractivity contribution in [2.75, 3.05) is 0 Å². The largest absolute Gasteiger partial charge is 0.383 e. The van der Waals surface area contributed by atoms with E-state index in [9.17, 15) is 5.11 Å². The average molecular weight is 264 g/mol. The van der Waals surface area contributed by atoms with Crippen molar-refractivity contribution in [3.8, 4) is 0 Å². The van der Waals surface area contributed by atoms with Gasteiger partial charge in [0.05, 0.1) is 11.4 Å². The summed E-state index contributed by atoms with van der Waals surface area (Å²) < 4.78 is 0. The lowest BCUT2D eigenvalue weighted by Gasteiger charge is -1.96. The van der Waals surface area contributed by atoms with Gasteiger partial charge in [0.25, 0.3) is 0 Å². The molecule has 3 nitrogen and oxygen atoms in total. The van der Waals surface area contributed by atoms with Crippen molar-refractivity contribution in [1.29, 1.82) is 0 Å². The molecule has 2 aromatic carbocycles. The fourth-order valence-electron chi connectivity index (χ4n) is 1.53. The van der Waals surface area contributed by atoms with Crippen molar-refractivity contribution in [3.05, 3.63) is 72.8 Å². The number of aliphatic hydroxyl groups excluding tert-OH is 1. The van der Waals surface area contributed by atoms with E-state index < -0.39 is 6.10 Å². The molecule has 0 aliphatic heterocycles. The maximum atomic E-state index is 9.71. The van der Waals surface area contributed by atoms with E-state index in [2.05, 4.69) is 9.98 Å². The average Bonchev–Trinajstić information content (AvgIpc) is 2.52. The molecule has 20 heavy (non-hydrogen) atoms. The Hall–Kier alpha value is -2.52. The van der Waals surface area contributed by atoms with Crippen LogP contribution in [0.5, 0.6) is 0 Å². The summed E-state index contributed by atoms with van der Waals surface area (Å²) in [4.78, 5) is 8.40. The lowest BCUT2D eigenvalue weighted by atomic mass is 10.3. The first kappa shape index (κ1) is 13.9. The van der Waals surface area contributed by atoms with E-state index in [1.807, 2.05) is 60.7 Å². The van der Waals surface area contributed by atoms with Gasteiger partial charge in [0.2, 0.25) is 0 Å². The van der Waals surface area contributed by atoms with Crippen LogP contribution >= 0.6 is 0 Å². The lowest BCUT2D eigenvalue weighted by Crippen LogP contribution is -2.02. The third-order valence-electron chi connectivity index (χ3n) is 2.51. The first-order chi connectivity index (χ1) is 9.84. The first-order valence-corrected chi connectivity index (χ1v) is 6.38. The van der Waals surface area contributed by atoms with Crippen molar-refractivity contribution in [1.82, 2.24) is 0 Å². The molecule has 1 N–H and O–H groups in total. The summed E-state index contributed by atoms with van der Waals surface area (Å²) in [5.41, 5.74) is 1.70. The van der Waals surface area contributed by atoms with Crippen LogP contribution in [0, 0.1) is 0 Å². The molecule has 0 saturated carbocycles. The predicted octanol–water partition coefficient (Wildman–Crippen LogP) is 3.71. The molecule has 0 heterocycles. The molecule has 100 valence electrons. The molecule has 0 radical (unpaired) electrons. The zero-order valence-corrected chi connectivity index (χ0v) is 11.0. The van der Waals surface area contributed by atoms with Crippen molar-refractivity contribution in [2.24, 2.45) is 9.98 Å². The van der Waals surface area contributed by atoms with Crippen LogP contribution in [-0.4, -0.2) is 23.6 Å². The third-order valence-corrected chi connectivity index (χ3v) is 2.51. The lowest BCUT2D eigenvalue weighted by molar-refractivity contribution is 0.294. The summed E-state index contributed by atoms with van der Waals surface area (Å²) in [7, 11) is 0. The summed E-state index contributed by atoms with van der Waals surface area (Å²) in [6.07, 6.45) is 5.74. The van der Waals surface area contributed by atoms with Gasteiger partial charge in [-0.15, -0.1) is 0 Å². The molecule has 0 aliphatic carbocycles. The molecule has 0 spiro atoms. The highest BCUT2D eigenvalue weighted by Gasteiger charge is 1.92. The highest BCUT2D eigenvalue weighted by Crippen LogP contribution is 2.09. The molecular formula is C17H16N2O. The Morgan fingerprint density at radius 3 is 1.95 bits per heavy atom. The van der Waals surface area contributed by atoms with Crippen molar-refractivity contribution in [2.45, 2.75) is 6.10 Å². The second-order valence-electron chi connectivity index (χ2n) is 4.10. The van der Waals surface area contributed by atoms with E-state index in [-0.39, 0.29) is 0 Å². The Kier molecular flexibility index (Phi) is 5.43. The quantitative estimate of drug-likeness (QED) is 0.822. The van der Waals surface area contributed by atoms with Crippen molar-refractivity contribution in [3.63, 3.8) is 0 Å². The minimum Gasteiger partial charge on any atom is -0.383 e. The minimum absolute atomic E-state index is 0.725. The van der Waals surface area contributed by atoms with Crippen molar-refractivity contribution >= 4 is 23.8 Å². The second kappa shape index (κ2) is 7.81. The Balaban J connectivity index is 1.85. The molecule has 1 unspecified atom stereocenters. The normalized spacial score (nSPS) is 13.4. The predicted molar refractivity (Wildman–Crippen MR) is 84.3 cm³/mol. The van der Waals surface area contributed by atoms with Crippen LogP contribution in [0.15, 0.2) is 82.8 Å². The Morgan fingerprint density at radius 1 is 0.800 bits per heavy atom. The van der Waals surface area contributed by atoms with Crippen LogP contribution in [0.25, 0.3) is 0 Å². The van der Waals surface area contributed by atoms with Gasteiger partial charge in [-0.2, -0.15) is 0 Å². The molecule has 0 saturated heterocycles. The molecule has 0 fully saturated rings. The van der Waals surface area contributed by atoms with Crippen LogP contribution in [0.1, 0.15) is 0 Å². The molecule has 3 heteroatoms. The van der Waals surface area contributed by atoms with Crippen LogP contribution < -0.4 is 0 Å². The number of hydrogen-bond donors (Lipinski definition) is 1. The maximum Gasteiger partial charge on any atom is 0.108 e. The van der Waals surface area contributed by atoms with Gasteiger partial charge in [0.1, 0.15) is 6.10 Å². The van der Waals surface area contributed by atoms with Crippen LogP contribution in [-0.2, 0) is 0 Å². The van der Waals surface area contributed by atoms with E-state index in [0.717, 1.165) is 11.4 Å². The van der Waals surface area contributed by atoms with Crippen LogP contribution in [0.2, 0.25) is 0 Å². The Labute approximate surface area is 118 Å². The van der Waals surface area contributed by atoms with E-state index in [0.29, 0.717) is 0 Å². The Morgan fingerprint density at radius 2 is 1.35 bits per heavy atom. The summed E-state index contributed by atoms with van der Waals surface area (Å²) >= 11 is 0. The van der Waals surface area contributed by atoms with E-state index in [1.165, 1.54) is 6.21 Å². The summed E-state index contributed by atoms with van der Waals surface area (Å²) in [6, 6.07) is 19.1. The number of para-hydroxylation sites is 2. The van der Waals surface area contributed by atoms with Crippen molar-refractivity contribution < 1.29 is 5.11 Å². The smallest absolute Gasteiger partial charge is 0.108 e. The fraction of sp³-hybridized carbons (Fsp3) is 0.0588. The Bertz CT molecular complexity index is 589. The van der Waals surface area contributed by atoms with Gasteiger partial charge in [-0.1, -0.05) is 36.4 Å². The SMILES string of the molecule is OC(C=Nc1ccccc1)/C=C/C=Nc1ccccc1. The third kappa shape index (κ3) is 5.00. The van der Waals surface area contributed by atoms with Gasteiger partial charge in [0.15, 0.2) is 0 Å². The maximum absolute atomic E-state index is 9.71. The zero-order chi connectivity index (χ0) is 14.0. The van der Waals surface area contributed by atoms with Gasteiger partial charge in [-0.3, -0.25) is 9.98 Å². The molecule has 0 aromatic heterocycles. The van der Waals surface area contributed by atoms with Gasteiger partial charge in [-0.05, 0) is 36.4 Å². The van der Waals surface area contributed by atoms with Gasteiger partial charge in [-0.25, -0.2) is 0 Å². The number of hydrogen-bond acceptors (Lipinski definition) is 3. The van der Waals surface area contributed by atoms with Gasteiger partial charge >= 0.3 is 0 Å². The highest BCUT2D eigenvalue weighted by molar-refractivity contribution is 5.77. The molecule has 1 atom stereocenters. The van der Waals surface area contributed by atoms with Gasteiger partial charge < -0.3 is 5.11 Å².